The normalized spacial score (nSPS) is 21.0. The van der Waals surface area contributed by atoms with Crippen molar-refractivity contribution in [3.05, 3.63) is 45.8 Å². The van der Waals surface area contributed by atoms with Crippen LogP contribution in [0.5, 0.6) is 0 Å². The lowest BCUT2D eigenvalue weighted by molar-refractivity contribution is 0.482. The summed E-state index contributed by atoms with van der Waals surface area (Å²) in [5, 5.41) is 8.05. The topological polar surface area (TPSA) is 115 Å². The molecule has 0 amide bonds. The Balaban J connectivity index is 1.72. The van der Waals surface area contributed by atoms with Crippen molar-refractivity contribution < 1.29 is 21.6 Å². The number of halogens is 3. The molecular formula is C17H14ClF2N5O3S2. The fourth-order valence-corrected chi connectivity index (χ4v) is 6.06. The van der Waals surface area contributed by atoms with Crippen LogP contribution in [0, 0.1) is 11.6 Å². The summed E-state index contributed by atoms with van der Waals surface area (Å²) in [4.78, 5) is 5.25. The first-order valence-electron chi connectivity index (χ1n) is 8.41. The minimum absolute atomic E-state index is 0.00896. The maximum Gasteiger partial charge on any atom is 0.258 e. The summed E-state index contributed by atoms with van der Waals surface area (Å²) in [5.74, 6) is -2.42. The summed E-state index contributed by atoms with van der Waals surface area (Å²) in [6.45, 7) is 1.62. The van der Waals surface area contributed by atoms with Crippen molar-refractivity contribution in [2.75, 3.05) is 12.8 Å². The highest BCUT2D eigenvalue weighted by atomic mass is 35.5. The van der Waals surface area contributed by atoms with Gasteiger partial charge in [0.05, 0.1) is 20.5 Å². The minimum Gasteiger partial charge on any atom is -0.415 e. The lowest BCUT2D eigenvalue weighted by Crippen LogP contribution is -2.50. The van der Waals surface area contributed by atoms with Crippen LogP contribution in [0.4, 0.5) is 8.78 Å². The molecule has 1 aromatic carbocycles. The van der Waals surface area contributed by atoms with Crippen molar-refractivity contribution in [3.63, 3.8) is 0 Å². The highest BCUT2D eigenvalue weighted by molar-refractivity contribution is 7.89. The number of aromatic nitrogens is 2. The smallest absolute Gasteiger partial charge is 0.258 e. The zero-order chi connectivity index (χ0) is 21.8. The predicted octanol–water partition coefficient (Wildman–Crippen LogP) is 3.20. The molecule has 3 aromatic rings. The molecule has 0 aliphatic carbocycles. The number of rotatable bonds is 3. The van der Waals surface area contributed by atoms with Crippen LogP contribution in [0.25, 0.3) is 22.2 Å². The van der Waals surface area contributed by atoms with Crippen LogP contribution in [0.1, 0.15) is 11.8 Å². The van der Waals surface area contributed by atoms with Crippen LogP contribution in [0.2, 0.25) is 5.02 Å². The molecule has 1 atom stereocenters. The highest BCUT2D eigenvalue weighted by Crippen LogP contribution is 2.44. The molecule has 1 aliphatic heterocycles. The van der Waals surface area contributed by atoms with E-state index in [1.165, 1.54) is 13.1 Å². The van der Waals surface area contributed by atoms with E-state index >= 15 is 0 Å². The maximum absolute atomic E-state index is 13.5. The van der Waals surface area contributed by atoms with Gasteiger partial charge in [0.25, 0.3) is 5.89 Å². The second kappa shape index (κ2) is 7.00. The van der Waals surface area contributed by atoms with Gasteiger partial charge in [-0.25, -0.2) is 26.5 Å². The van der Waals surface area contributed by atoms with Crippen molar-refractivity contribution in [1.29, 1.82) is 0 Å². The van der Waals surface area contributed by atoms with Gasteiger partial charge in [-0.1, -0.05) is 11.6 Å². The Bertz CT molecular complexity index is 1290. The van der Waals surface area contributed by atoms with Gasteiger partial charge in [0.15, 0.2) is 11.6 Å². The van der Waals surface area contributed by atoms with Gasteiger partial charge in [-0.2, -0.15) is 0 Å². The summed E-state index contributed by atoms with van der Waals surface area (Å²) in [6.07, 6.45) is 0. The van der Waals surface area contributed by atoms with E-state index in [0.717, 1.165) is 27.8 Å². The first-order chi connectivity index (χ1) is 14.0. The number of guanidine groups is 1. The van der Waals surface area contributed by atoms with E-state index < -0.39 is 27.2 Å². The van der Waals surface area contributed by atoms with Gasteiger partial charge in [0.1, 0.15) is 5.54 Å². The monoisotopic (exact) mass is 473 g/mol. The molecule has 0 radical (unpaired) electrons. The molecule has 4 rings (SSSR count). The molecule has 0 saturated heterocycles. The average Bonchev–Trinajstić information content (AvgIpc) is 3.29. The number of thiophene rings is 1. The SMILES string of the molecule is CN1C(N)=N[C@](C)(c2sc(-c3nnc(-c4ccc(F)c(F)c4)o3)cc2Cl)CS1(=O)=O. The quantitative estimate of drug-likeness (QED) is 0.624. The van der Waals surface area contributed by atoms with Crippen LogP contribution in [0.15, 0.2) is 33.7 Å². The predicted molar refractivity (Wildman–Crippen MR) is 108 cm³/mol. The van der Waals surface area contributed by atoms with Gasteiger partial charge in [-0.05, 0) is 31.2 Å². The van der Waals surface area contributed by atoms with Crippen LogP contribution in [-0.2, 0) is 15.6 Å². The van der Waals surface area contributed by atoms with Gasteiger partial charge in [0, 0.05) is 12.6 Å². The zero-order valence-electron chi connectivity index (χ0n) is 15.6. The summed E-state index contributed by atoms with van der Waals surface area (Å²) in [5.41, 5.74) is 4.80. The second-order valence-electron chi connectivity index (χ2n) is 6.80. The van der Waals surface area contributed by atoms with Crippen molar-refractivity contribution in [2.45, 2.75) is 12.5 Å². The standard InChI is InChI=1S/C17H14ClF2N5O3S2/c1-17(7-30(26,27)25(2)16(21)22-17)13-9(18)6-12(29-13)15-24-23-14(28-15)8-3-4-10(19)11(20)5-8/h3-6H,7H2,1-2H3,(H2,21,22)/t17-/m0/s1. The van der Waals surface area contributed by atoms with Gasteiger partial charge in [0.2, 0.25) is 21.9 Å². The summed E-state index contributed by atoms with van der Waals surface area (Å²) in [7, 11) is -2.34. The molecule has 158 valence electrons. The molecule has 2 N–H and O–H groups in total. The highest BCUT2D eigenvalue weighted by Gasteiger charge is 2.42. The van der Waals surface area contributed by atoms with Crippen molar-refractivity contribution >= 4 is 38.9 Å². The Morgan fingerprint density at radius 3 is 2.60 bits per heavy atom. The molecule has 13 heteroatoms. The molecule has 0 bridgehead atoms. The minimum atomic E-state index is -3.67. The molecule has 0 spiro atoms. The Hall–Kier alpha value is -2.57. The zero-order valence-corrected chi connectivity index (χ0v) is 17.9. The summed E-state index contributed by atoms with van der Waals surface area (Å²) >= 11 is 7.50. The Kier molecular flexibility index (Phi) is 4.83. The number of nitrogens with zero attached hydrogens (tertiary/aromatic N) is 4. The van der Waals surface area contributed by atoms with Crippen LogP contribution in [0.3, 0.4) is 0 Å². The van der Waals surface area contributed by atoms with Crippen LogP contribution >= 0.6 is 22.9 Å². The summed E-state index contributed by atoms with van der Waals surface area (Å²) in [6, 6.07) is 4.76. The first-order valence-corrected chi connectivity index (χ1v) is 11.2. The molecule has 0 fully saturated rings. The fraction of sp³-hybridized carbons (Fsp3) is 0.235. The van der Waals surface area contributed by atoms with Crippen molar-refractivity contribution in [2.24, 2.45) is 10.7 Å². The van der Waals surface area contributed by atoms with Crippen LogP contribution < -0.4 is 5.73 Å². The lowest BCUT2D eigenvalue weighted by atomic mass is 10.0. The van der Waals surface area contributed by atoms with Gasteiger partial charge in [-0.3, -0.25) is 0 Å². The number of hydrogen-bond donors (Lipinski definition) is 1. The number of sulfonamides is 1. The van der Waals surface area contributed by atoms with Gasteiger partial charge >= 0.3 is 0 Å². The molecule has 3 heterocycles. The fourth-order valence-electron chi connectivity index (χ4n) is 2.98. The summed E-state index contributed by atoms with van der Waals surface area (Å²) < 4.78 is 57.9. The Labute approximate surface area is 179 Å². The van der Waals surface area contributed by atoms with Gasteiger partial charge < -0.3 is 10.2 Å². The molecule has 8 nitrogen and oxygen atoms in total. The van der Waals surface area contributed by atoms with Crippen LogP contribution in [-0.4, -0.2) is 41.7 Å². The first kappa shape index (κ1) is 20.7. The molecule has 30 heavy (non-hydrogen) atoms. The van der Waals surface area contributed by atoms with E-state index in [4.69, 9.17) is 21.8 Å². The van der Waals surface area contributed by atoms with E-state index in [0.29, 0.717) is 9.75 Å². The third-order valence-corrected chi connectivity index (χ3v) is 8.28. The number of aliphatic imine (C=N–C) groups is 1. The number of nitrogens with two attached hydrogens (primary N) is 1. The van der Waals surface area contributed by atoms with E-state index in [1.807, 2.05) is 0 Å². The van der Waals surface area contributed by atoms with Gasteiger partial charge in [-0.15, -0.1) is 21.5 Å². The molecule has 0 unspecified atom stereocenters. The maximum atomic E-state index is 13.5. The third-order valence-electron chi connectivity index (χ3n) is 4.54. The van der Waals surface area contributed by atoms with E-state index in [9.17, 15) is 17.2 Å². The molecule has 0 saturated carbocycles. The van der Waals surface area contributed by atoms with E-state index in [2.05, 4.69) is 15.2 Å². The number of hydrogen-bond acceptors (Lipinski definition) is 8. The largest absolute Gasteiger partial charge is 0.415 e. The van der Waals surface area contributed by atoms with Crippen molar-refractivity contribution in [1.82, 2.24) is 14.5 Å². The Morgan fingerprint density at radius 2 is 1.93 bits per heavy atom. The lowest BCUT2D eigenvalue weighted by Gasteiger charge is -2.33. The average molecular weight is 474 g/mol. The molecule has 2 aromatic heterocycles. The second-order valence-corrected chi connectivity index (χ2v) is 10.3. The van der Waals surface area contributed by atoms with E-state index in [1.54, 1.807) is 13.0 Å². The van der Waals surface area contributed by atoms with E-state index in [-0.39, 0.29) is 34.1 Å². The molecule has 1 aliphatic rings. The third kappa shape index (κ3) is 3.44. The molecular weight excluding hydrogens is 460 g/mol. The number of benzene rings is 1. The Morgan fingerprint density at radius 1 is 1.23 bits per heavy atom. The van der Waals surface area contributed by atoms with Crippen molar-refractivity contribution in [3.8, 4) is 22.2 Å².